The van der Waals surface area contributed by atoms with Crippen molar-refractivity contribution >= 4 is 42.6 Å². The van der Waals surface area contributed by atoms with Crippen LogP contribution in [0.15, 0.2) is 36.4 Å². The number of ether oxygens (including phenoxy) is 2. The number of hydrogen-bond donors (Lipinski definition) is 0. The number of unbranched alkanes of at least 4 members (excludes halogenated alkanes) is 6. The molecule has 0 atom stereocenters. The van der Waals surface area contributed by atoms with Crippen molar-refractivity contribution in [2.24, 2.45) is 0 Å². The lowest BCUT2D eigenvalue weighted by molar-refractivity contribution is 0.304. The highest BCUT2D eigenvalue weighted by atomic mass is 79.9. The van der Waals surface area contributed by atoms with E-state index in [2.05, 4.69) is 68.3 Å². The number of rotatable bonds is 14. The first-order chi connectivity index (χ1) is 12.8. The quantitative estimate of drug-likeness (QED) is 0.203. The molecule has 2 aromatic rings. The van der Waals surface area contributed by atoms with Gasteiger partial charge in [0.1, 0.15) is 11.5 Å². The summed E-state index contributed by atoms with van der Waals surface area (Å²) in [7, 11) is 0. The van der Waals surface area contributed by atoms with E-state index >= 15 is 0 Å². The summed E-state index contributed by atoms with van der Waals surface area (Å²) in [6.45, 7) is 1.59. The van der Waals surface area contributed by atoms with Crippen molar-refractivity contribution in [2.75, 3.05) is 23.9 Å². The Balaban J connectivity index is 1.76. The molecule has 0 aromatic heterocycles. The maximum Gasteiger partial charge on any atom is 0.119 e. The molecule has 0 aliphatic carbocycles. The molecule has 26 heavy (non-hydrogen) atoms. The van der Waals surface area contributed by atoms with Crippen molar-refractivity contribution < 1.29 is 9.47 Å². The second-order valence-corrected chi connectivity index (χ2v) is 8.16. The van der Waals surface area contributed by atoms with Crippen LogP contribution in [0.2, 0.25) is 0 Å². The lowest BCUT2D eigenvalue weighted by Gasteiger charge is -2.09. The molecule has 2 aromatic carbocycles. The van der Waals surface area contributed by atoms with Gasteiger partial charge in [0.2, 0.25) is 0 Å². The Morgan fingerprint density at radius 1 is 0.538 bits per heavy atom. The van der Waals surface area contributed by atoms with Gasteiger partial charge >= 0.3 is 0 Å². The number of benzene rings is 2. The Labute approximate surface area is 174 Å². The van der Waals surface area contributed by atoms with Crippen LogP contribution in [0.4, 0.5) is 0 Å². The highest BCUT2D eigenvalue weighted by Crippen LogP contribution is 2.25. The van der Waals surface area contributed by atoms with Gasteiger partial charge in [-0.3, -0.25) is 0 Å². The smallest absolute Gasteiger partial charge is 0.119 e. The Hall–Kier alpha value is -0.740. The highest BCUT2D eigenvalue weighted by molar-refractivity contribution is 9.09. The molecule has 0 spiro atoms. The van der Waals surface area contributed by atoms with Crippen LogP contribution in [0.3, 0.4) is 0 Å². The van der Waals surface area contributed by atoms with Gasteiger partial charge in [-0.25, -0.2) is 0 Å². The molecule has 0 radical (unpaired) electrons. The molecule has 0 aliphatic heterocycles. The first kappa shape index (κ1) is 21.6. The second-order valence-electron chi connectivity index (χ2n) is 6.57. The topological polar surface area (TPSA) is 18.5 Å². The fraction of sp³-hybridized carbons (Fsp3) is 0.545. The molecule has 0 fully saturated rings. The van der Waals surface area contributed by atoms with E-state index < -0.39 is 0 Å². The van der Waals surface area contributed by atoms with Crippen LogP contribution < -0.4 is 9.47 Å². The van der Waals surface area contributed by atoms with E-state index in [1.807, 2.05) is 0 Å². The van der Waals surface area contributed by atoms with Crippen molar-refractivity contribution in [3.63, 3.8) is 0 Å². The van der Waals surface area contributed by atoms with Crippen molar-refractivity contribution in [1.29, 1.82) is 0 Å². The summed E-state index contributed by atoms with van der Waals surface area (Å²) >= 11 is 6.94. The van der Waals surface area contributed by atoms with E-state index in [1.165, 1.54) is 49.3 Å². The summed E-state index contributed by atoms with van der Waals surface area (Å²) < 4.78 is 11.8. The molecule has 2 nitrogen and oxygen atoms in total. The summed E-state index contributed by atoms with van der Waals surface area (Å²) in [6.07, 6.45) is 9.73. The molecule has 0 N–H and O–H groups in total. The maximum absolute atomic E-state index is 5.89. The van der Waals surface area contributed by atoms with E-state index in [-0.39, 0.29) is 0 Å². The zero-order chi connectivity index (χ0) is 18.5. The van der Waals surface area contributed by atoms with Crippen LogP contribution in [-0.2, 0) is 0 Å². The van der Waals surface area contributed by atoms with E-state index in [0.29, 0.717) is 0 Å². The number of alkyl halides is 2. The predicted molar refractivity (Wildman–Crippen MR) is 119 cm³/mol. The third-order valence-corrected chi connectivity index (χ3v) is 5.50. The van der Waals surface area contributed by atoms with Gasteiger partial charge in [0, 0.05) is 10.7 Å². The minimum atomic E-state index is 0.796. The van der Waals surface area contributed by atoms with E-state index in [0.717, 1.165) is 48.2 Å². The van der Waals surface area contributed by atoms with E-state index in [1.54, 1.807) is 0 Å². The van der Waals surface area contributed by atoms with Crippen LogP contribution >= 0.6 is 31.9 Å². The fourth-order valence-corrected chi connectivity index (χ4v) is 3.65. The lowest BCUT2D eigenvalue weighted by atomic mass is 10.1. The molecular weight excluding hydrogens is 456 g/mol. The van der Waals surface area contributed by atoms with Crippen LogP contribution in [0.5, 0.6) is 11.5 Å². The fourth-order valence-electron chi connectivity index (χ4n) is 2.86. The summed E-state index contributed by atoms with van der Waals surface area (Å²) in [5.74, 6) is 1.91. The minimum absolute atomic E-state index is 0.796. The normalized spacial score (nSPS) is 11.0. The Bertz CT molecular complexity index is 575. The molecular formula is C22H30Br2O2. The van der Waals surface area contributed by atoms with Gasteiger partial charge in [-0.1, -0.05) is 69.7 Å². The summed E-state index contributed by atoms with van der Waals surface area (Å²) in [4.78, 5) is 0. The molecule has 144 valence electrons. The summed E-state index contributed by atoms with van der Waals surface area (Å²) in [5.41, 5.74) is 0. The number of fused-ring (bicyclic) bond motifs is 1. The number of hydrogen-bond acceptors (Lipinski definition) is 2. The Kier molecular flexibility index (Phi) is 11.1. The molecule has 0 saturated heterocycles. The SMILES string of the molecule is BrCCCCCCOc1ccc2cc(OCCCCCCBr)ccc2c1. The van der Waals surface area contributed by atoms with E-state index in [4.69, 9.17) is 9.47 Å². The average molecular weight is 486 g/mol. The van der Waals surface area contributed by atoms with Gasteiger partial charge in [-0.15, -0.1) is 0 Å². The van der Waals surface area contributed by atoms with Crippen molar-refractivity contribution in [3.05, 3.63) is 36.4 Å². The van der Waals surface area contributed by atoms with Crippen LogP contribution in [-0.4, -0.2) is 23.9 Å². The first-order valence-corrected chi connectivity index (χ1v) is 12.0. The maximum atomic E-state index is 5.89. The predicted octanol–water partition coefficient (Wildman–Crippen LogP) is 7.51. The second kappa shape index (κ2) is 13.4. The Morgan fingerprint density at radius 2 is 0.962 bits per heavy atom. The van der Waals surface area contributed by atoms with Gasteiger partial charge in [0.25, 0.3) is 0 Å². The molecule has 4 heteroatoms. The van der Waals surface area contributed by atoms with Gasteiger partial charge in [0.15, 0.2) is 0 Å². The molecule has 0 aliphatic rings. The molecule has 2 rings (SSSR count). The lowest BCUT2D eigenvalue weighted by Crippen LogP contribution is -1.98. The third-order valence-electron chi connectivity index (χ3n) is 4.38. The molecule has 0 bridgehead atoms. The van der Waals surface area contributed by atoms with Crippen molar-refractivity contribution in [3.8, 4) is 11.5 Å². The summed E-state index contributed by atoms with van der Waals surface area (Å²) in [6, 6.07) is 12.6. The average Bonchev–Trinajstić information content (AvgIpc) is 2.67. The number of halogens is 2. The first-order valence-electron chi connectivity index (χ1n) is 9.75. The van der Waals surface area contributed by atoms with Gasteiger partial charge in [-0.2, -0.15) is 0 Å². The van der Waals surface area contributed by atoms with Crippen molar-refractivity contribution in [1.82, 2.24) is 0 Å². The Morgan fingerprint density at radius 3 is 1.38 bits per heavy atom. The zero-order valence-electron chi connectivity index (χ0n) is 15.5. The highest BCUT2D eigenvalue weighted by Gasteiger charge is 2.01. The third kappa shape index (κ3) is 8.30. The standard InChI is InChI=1S/C22H30Br2O2/c23-13-5-1-3-7-15-25-21-11-9-20-18-22(12-10-19(20)17-21)26-16-8-4-2-6-14-24/h9-12,17-18H,1-8,13-16H2. The van der Waals surface area contributed by atoms with Crippen molar-refractivity contribution in [2.45, 2.75) is 51.4 Å². The van der Waals surface area contributed by atoms with Crippen LogP contribution in [0.25, 0.3) is 10.8 Å². The van der Waals surface area contributed by atoms with E-state index in [9.17, 15) is 0 Å². The van der Waals surface area contributed by atoms with Crippen LogP contribution in [0.1, 0.15) is 51.4 Å². The minimum Gasteiger partial charge on any atom is -0.494 e. The van der Waals surface area contributed by atoms with Crippen LogP contribution in [0, 0.1) is 0 Å². The molecule has 0 amide bonds. The molecule has 0 unspecified atom stereocenters. The zero-order valence-corrected chi connectivity index (χ0v) is 18.7. The monoisotopic (exact) mass is 484 g/mol. The summed E-state index contributed by atoms with van der Waals surface area (Å²) in [5, 5.41) is 4.60. The molecule has 0 saturated carbocycles. The largest absolute Gasteiger partial charge is 0.494 e. The molecule has 0 heterocycles. The van der Waals surface area contributed by atoms with Gasteiger partial charge in [0.05, 0.1) is 13.2 Å². The van der Waals surface area contributed by atoms with Gasteiger partial charge in [-0.05, 0) is 60.7 Å². The van der Waals surface area contributed by atoms with Gasteiger partial charge < -0.3 is 9.47 Å².